The Balaban J connectivity index is 1.45. The summed E-state index contributed by atoms with van der Waals surface area (Å²) in [5.41, 5.74) is -6.54. The van der Waals surface area contributed by atoms with Crippen molar-refractivity contribution in [1.82, 2.24) is 10.2 Å². The maximum atomic E-state index is 13.9. The molecule has 0 aliphatic carbocycles. The average molecular weight is 688 g/mol. The monoisotopic (exact) mass is 687 g/mol. The minimum atomic E-state index is -6.15. The van der Waals surface area contributed by atoms with Gasteiger partial charge in [0.25, 0.3) is 15.6 Å². The highest BCUT2D eigenvalue weighted by Gasteiger charge is 2.71. The molecule has 0 spiro atoms. The third-order valence-corrected chi connectivity index (χ3v) is 9.34. The number of aromatic nitrogens is 2. The van der Waals surface area contributed by atoms with Crippen molar-refractivity contribution in [3.8, 4) is 0 Å². The molecule has 0 amide bonds. The normalized spacial score (nSPS) is 15.7. The molecule has 0 fully saturated rings. The van der Waals surface area contributed by atoms with Gasteiger partial charge in [-0.1, -0.05) is 42.5 Å². The number of ether oxygens (including phenoxy) is 1. The Hall–Kier alpha value is -4.51. The molecule has 0 radical (unpaired) electrons. The van der Waals surface area contributed by atoms with Crippen LogP contribution in [0.3, 0.4) is 0 Å². The molecule has 1 atom stereocenters. The maximum absolute atomic E-state index is 13.9. The van der Waals surface area contributed by atoms with Crippen LogP contribution in [0.1, 0.15) is 34.9 Å². The standard InChI is InChI=1S/C30H24F7N3O6S/c31-21-8-11-23(12-9-21)47(43,44)40-22(15-25-38-39-26(46-25)16-27(41)45-17-18-4-2-1-3-5-18)10-6-19-14-20(7-13-24(19)40)28(42,29(32,33)34)30(35,36)37/h1-5,7-9,11-14,22,42H,6,10,15-17H2. The van der Waals surface area contributed by atoms with Crippen molar-refractivity contribution in [3.05, 3.63) is 107 Å². The quantitative estimate of drug-likeness (QED) is 0.179. The lowest BCUT2D eigenvalue weighted by Gasteiger charge is -2.39. The number of aryl methyl sites for hydroxylation is 1. The lowest BCUT2D eigenvalue weighted by atomic mass is 9.87. The lowest BCUT2D eigenvalue weighted by molar-refractivity contribution is -0.376. The number of sulfonamides is 1. The molecular formula is C30H24F7N3O6S. The molecule has 4 aromatic rings. The molecule has 1 unspecified atom stereocenters. The van der Waals surface area contributed by atoms with Gasteiger partial charge >= 0.3 is 18.3 Å². The summed E-state index contributed by atoms with van der Waals surface area (Å²) in [6, 6.07) is 12.9. The van der Waals surface area contributed by atoms with Gasteiger partial charge < -0.3 is 14.3 Å². The number of hydrogen-bond acceptors (Lipinski definition) is 8. The number of carbonyl (C=O) groups excluding carboxylic acids is 1. The smallest absolute Gasteiger partial charge is 0.430 e. The van der Waals surface area contributed by atoms with Crippen molar-refractivity contribution < 1.29 is 58.2 Å². The van der Waals surface area contributed by atoms with Crippen LogP contribution in [-0.2, 0) is 51.0 Å². The van der Waals surface area contributed by atoms with Gasteiger partial charge in [0.1, 0.15) is 18.8 Å². The molecule has 0 bridgehead atoms. The number of fused-ring (bicyclic) bond motifs is 1. The number of hydrogen-bond donors (Lipinski definition) is 1. The molecule has 1 aromatic heterocycles. The molecule has 9 nitrogen and oxygen atoms in total. The Morgan fingerprint density at radius 3 is 2.21 bits per heavy atom. The minimum absolute atomic E-state index is 0.0105. The van der Waals surface area contributed by atoms with Crippen molar-refractivity contribution in [2.24, 2.45) is 0 Å². The van der Waals surface area contributed by atoms with E-state index in [2.05, 4.69) is 10.2 Å². The van der Waals surface area contributed by atoms with Crippen LogP contribution in [0, 0.1) is 5.82 Å². The van der Waals surface area contributed by atoms with Crippen LogP contribution in [0.4, 0.5) is 36.4 Å². The van der Waals surface area contributed by atoms with Gasteiger partial charge in [-0.25, -0.2) is 12.8 Å². The number of esters is 1. The van der Waals surface area contributed by atoms with Crippen LogP contribution in [0.15, 0.2) is 82.1 Å². The van der Waals surface area contributed by atoms with Crippen molar-refractivity contribution >= 4 is 21.7 Å². The van der Waals surface area contributed by atoms with Gasteiger partial charge in [0.15, 0.2) is 0 Å². The first-order valence-corrected chi connectivity index (χ1v) is 15.2. The summed E-state index contributed by atoms with van der Waals surface area (Å²) >= 11 is 0. The molecule has 5 rings (SSSR count). The Labute approximate surface area is 262 Å². The highest BCUT2D eigenvalue weighted by molar-refractivity contribution is 7.92. The summed E-state index contributed by atoms with van der Waals surface area (Å²) in [5, 5.41) is 17.6. The second kappa shape index (κ2) is 12.6. The third-order valence-electron chi connectivity index (χ3n) is 7.46. The minimum Gasteiger partial charge on any atom is -0.460 e. The van der Waals surface area contributed by atoms with E-state index in [9.17, 15) is 49.1 Å². The van der Waals surface area contributed by atoms with Crippen LogP contribution in [0.25, 0.3) is 0 Å². The molecule has 17 heteroatoms. The van der Waals surface area contributed by atoms with E-state index in [0.29, 0.717) is 12.1 Å². The zero-order valence-corrected chi connectivity index (χ0v) is 24.7. The van der Waals surface area contributed by atoms with Gasteiger partial charge in [0.2, 0.25) is 11.8 Å². The van der Waals surface area contributed by atoms with Crippen LogP contribution >= 0.6 is 0 Å². The van der Waals surface area contributed by atoms with E-state index in [1.807, 2.05) is 0 Å². The number of alkyl halides is 6. The third kappa shape index (κ3) is 6.81. The average Bonchev–Trinajstić information content (AvgIpc) is 3.45. The van der Waals surface area contributed by atoms with E-state index in [1.165, 1.54) is 0 Å². The first-order chi connectivity index (χ1) is 22.0. The predicted octanol–water partition coefficient (Wildman–Crippen LogP) is 5.56. The molecule has 1 aliphatic rings. The molecule has 250 valence electrons. The van der Waals surface area contributed by atoms with E-state index in [1.54, 1.807) is 30.3 Å². The lowest BCUT2D eigenvalue weighted by Crippen LogP contribution is -2.54. The largest absolute Gasteiger partial charge is 0.460 e. The molecule has 1 N–H and O–H groups in total. The Morgan fingerprint density at radius 2 is 1.57 bits per heavy atom. The highest BCUT2D eigenvalue weighted by Crippen LogP contribution is 2.51. The van der Waals surface area contributed by atoms with Crippen molar-refractivity contribution in [2.45, 2.75) is 61.2 Å². The number of aliphatic hydroxyl groups is 1. The number of halogens is 7. The number of carbonyl (C=O) groups is 1. The van der Waals surface area contributed by atoms with Crippen LogP contribution in [0.5, 0.6) is 0 Å². The molecule has 1 aliphatic heterocycles. The molecule has 2 heterocycles. The van der Waals surface area contributed by atoms with E-state index in [-0.39, 0.29) is 48.9 Å². The van der Waals surface area contributed by atoms with Crippen molar-refractivity contribution in [1.29, 1.82) is 0 Å². The van der Waals surface area contributed by atoms with Gasteiger partial charge in [0.05, 0.1) is 16.6 Å². The second-order valence-electron chi connectivity index (χ2n) is 10.6. The van der Waals surface area contributed by atoms with Crippen LogP contribution < -0.4 is 4.31 Å². The summed E-state index contributed by atoms with van der Waals surface area (Å²) in [6.07, 6.45) is -13.3. The number of benzene rings is 3. The first kappa shape index (κ1) is 33.8. The van der Waals surface area contributed by atoms with E-state index in [0.717, 1.165) is 40.2 Å². The SMILES string of the molecule is O=C(Cc1nnc(CC2CCc3cc(C(O)(C(F)(F)F)C(F)(F)F)ccc3N2S(=O)(=O)c2ccc(F)cc2)o1)OCc1ccccc1. The predicted molar refractivity (Wildman–Crippen MR) is 149 cm³/mol. The maximum Gasteiger partial charge on any atom is 0.430 e. The van der Waals surface area contributed by atoms with Crippen LogP contribution in [0.2, 0.25) is 0 Å². The van der Waals surface area contributed by atoms with Crippen molar-refractivity contribution in [3.63, 3.8) is 0 Å². The summed E-state index contributed by atoms with van der Waals surface area (Å²) < 4.78 is 134. The number of anilines is 1. The van der Waals surface area contributed by atoms with E-state index < -0.39 is 62.7 Å². The molecule has 0 saturated carbocycles. The molecule has 47 heavy (non-hydrogen) atoms. The summed E-state index contributed by atoms with van der Waals surface area (Å²) in [7, 11) is -4.62. The van der Waals surface area contributed by atoms with Gasteiger partial charge in [-0.05, 0) is 54.3 Å². The van der Waals surface area contributed by atoms with Gasteiger partial charge in [-0.2, -0.15) is 26.3 Å². The second-order valence-corrected chi connectivity index (χ2v) is 12.4. The summed E-state index contributed by atoms with van der Waals surface area (Å²) in [4.78, 5) is 11.9. The van der Waals surface area contributed by atoms with Gasteiger partial charge in [0, 0.05) is 12.0 Å². The fraction of sp³-hybridized carbons (Fsp3) is 0.300. The Kier molecular flexibility index (Phi) is 9.07. The number of nitrogens with zero attached hydrogens (tertiary/aromatic N) is 3. The zero-order chi connectivity index (χ0) is 34.2. The zero-order valence-electron chi connectivity index (χ0n) is 23.9. The fourth-order valence-electron chi connectivity index (χ4n) is 5.14. The summed E-state index contributed by atoms with van der Waals surface area (Å²) in [6.45, 7) is -0.0105. The topological polar surface area (TPSA) is 123 Å². The van der Waals surface area contributed by atoms with E-state index >= 15 is 0 Å². The van der Waals surface area contributed by atoms with E-state index in [4.69, 9.17) is 9.15 Å². The number of rotatable bonds is 9. The van der Waals surface area contributed by atoms with Crippen molar-refractivity contribution in [2.75, 3.05) is 4.31 Å². The Morgan fingerprint density at radius 1 is 0.936 bits per heavy atom. The molecule has 0 saturated heterocycles. The van der Waals surface area contributed by atoms with Crippen LogP contribution in [-0.4, -0.2) is 48.1 Å². The Bertz CT molecular complexity index is 1830. The molecular weight excluding hydrogens is 663 g/mol. The summed E-state index contributed by atoms with van der Waals surface area (Å²) in [5.74, 6) is -1.72. The first-order valence-electron chi connectivity index (χ1n) is 13.8. The molecule has 3 aromatic carbocycles. The van der Waals surface area contributed by atoms with Gasteiger partial charge in [-0.3, -0.25) is 9.10 Å². The fourth-order valence-corrected chi connectivity index (χ4v) is 6.85. The van der Waals surface area contributed by atoms with Gasteiger partial charge in [-0.15, -0.1) is 10.2 Å². The highest BCUT2D eigenvalue weighted by atomic mass is 32.2.